The van der Waals surface area contributed by atoms with Crippen molar-refractivity contribution in [3.05, 3.63) is 0 Å². The highest BCUT2D eigenvalue weighted by molar-refractivity contribution is 8.01. The SMILES string of the molecule is CO[Si](CSCCS)(OC)OC. The molecule has 0 aromatic rings. The Hall–Kier alpha value is 0.797. The summed E-state index contributed by atoms with van der Waals surface area (Å²) in [6.45, 7) is 0. The Kier molecular flexibility index (Phi) is 7.70. The van der Waals surface area contributed by atoms with Crippen molar-refractivity contribution in [2.45, 2.75) is 0 Å². The zero-order chi connectivity index (χ0) is 9.45. The van der Waals surface area contributed by atoms with Gasteiger partial charge in [-0.2, -0.15) is 24.4 Å². The van der Waals surface area contributed by atoms with Crippen LogP contribution in [0.3, 0.4) is 0 Å². The monoisotopic (exact) mass is 228 g/mol. The van der Waals surface area contributed by atoms with E-state index >= 15 is 0 Å². The topological polar surface area (TPSA) is 27.7 Å². The van der Waals surface area contributed by atoms with Crippen LogP contribution < -0.4 is 0 Å². The van der Waals surface area contributed by atoms with Crippen LogP contribution >= 0.6 is 24.4 Å². The lowest BCUT2D eigenvalue weighted by Crippen LogP contribution is -2.46. The van der Waals surface area contributed by atoms with E-state index in [0.29, 0.717) is 0 Å². The third-order valence-electron chi connectivity index (χ3n) is 1.45. The lowest BCUT2D eigenvalue weighted by Gasteiger charge is -2.23. The van der Waals surface area contributed by atoms with Gasteiger partial charge in [-0.1, -0.05) is 0 Å². The summed E-state index contributed by atoms with van der Waals surface area (Å²) in [5.41, 5.74) is 0. The van der Waals surface area contributed by atoms with Crippen LogP contribution in [-0.2, 0) is 13.3 Å². The third kappa shape index (κ3) is 4.15. The fourth-order valence-electron chi connectivity index (χ4n) is 0.688. The number of thioether (sulfide) groups is 1. The molecule has 0 atom stereocenters. The molecule has 0 aliphatic rings. The molecule has 0 unspecified atom stereocenters. The standard InChI is InChI=1S/C6H16O3S2Si/c1-7-12(8-2,9-3)6-11-5-4-10/h10H,4-6H2,1-3H3. The van der Waals surface area contributed by atoms with Crippen molar-refractivity contribution in [3.8, 4) is 0 Å². The molecular formula is C6H16O3S2Si. The van der Waals surface area contributed by atoms with E-state index in [9.17, 15) is 0 Å². The first-order valence-electron chi connectivity index (χ1n) is 3.58. The number of thiol groups is 1. The smallest absolute Gasteiger partial charge is 0.376 e. The highest BCUT2D eigenvalue weighted by Crippen LogP contribution is 2.14. The van der Waals surface area contributed by atoms with Crippen LogP contribution in [0.25, 0.3) is 0 Å². The van der Waals surface area contributed by atoms with E-state index < -0.39 is 8.80 Å². The summed E-state index contributed by atoms with van der Waals surface area (Å²) in [6, 6.07) is 0. The average Bonchev–Trinajstić information content (AvgIpc) is 2.14. The molecule has 6 heteroatoms. The van der Waals surface area contributed by atoms with Gasteiger partial charge in [0.05, 0.1) is 5.38 Å². The number of hydrogen-bond donors (Lipinski definition) is 1. The maximum absolute atomic E-state index is 5.23. The molecule has 0 rings (SSSR count). The molecule has 74 valence electrons. The molecule has 0 aliphatic heterocycles. The number of rotatable bonds is 7. The van der Waals surface area contributed by atoms with Gasteiger partial charge < -0.3 is 13.3 Å². The Morgan fingerprint density at radius 3 is 2.00 bits per heavy atom. The molecule has 0 saturated carbocycles. The Bertz CT molecular complexity index is 103. The van der Waals surface area contributed by atoms with E-state index in [1.54, 1.807) is 33.1 Å². The van der Waals surface area contributed by atoms with Crippen LogP contribution in [0, 0.1) is 0 Å². The molecular weight excluding hydrogens is 212 g/mol. The Labute approximate surface area is 84.9 Å². The summed E-state index contributed by atoms with van der Waals surface area (Å²) >= 11 is 5.85. The van der Waals surface area contributed by atoms with Crippen LogP contribution in [0.5, 0.6) is 0 Å². The van der Waals surface area contributed by atoms with Crippen LogP contribution in [0.1, 0.15) is 0 Å². The van der Waals surface area contributed by atoms with Crippen LogP contribution in [0.2, 0.25) is 0 Å². The lowest BCUT2D eigenvalue weighted by atomic mass is 11.0. The molecule has 3 nitrogen and oxygen atoms in total. The van der Waals surface area contributed by atoms with Crippen molar-refractivity contribution in [1.82, 2.24) is 0 Å². The minimum absolute atomic E-state index is 0.789. The van der Waals surface area contributed by atoms with Crippen LogP contribution in [-0.4, -0.2) is 47.0 Å². The molecule has 0 spiro atoms. The molecule has 0 amide bonds. The molecule has 0 radical (unpaired) electrons. The maximum atomic E-state index is 5.23. The van der Waals surface area contributed by atoms with Crippen molar-refractivity contribution in [2.24, 2.45) is 0 Å². The molecule has 12 heavy (non-hydrogen) atoms. The third-order valence-corrected chi connectivity index (χ3v) is 6.56. The van der Waals surface area contributed by atoms with Gasteiger partial charge in [0.2, 0.25) is 0 Å². The Morgan fingerprint density at radius 2 is 1.67 bits per heavy atom. The van der Waals surface area contributed by atoms with Crippen molar-refractivity contribution < 1.29 is 13.3 Å². The maximum Gasteiger partial charge on any atom is 0.510 e. The van der Waals surface area contributed by atoms with E-state index in [0.717, 1.165) is 16.9 Å². The fourth-order valence-corrected chi connectivity index (χ4v) is 4.70. The lowest BCUT2D eigenvalue weighted by molar-refractivity contribution is 0.130. The minimum Gasteiger partial charge on any atom is -0.376 e. The summed E-state index contributed by atoms with van der Waals surface area (Å²) in [5.74, 6) is 1.86. The van der Waals surface area contributed by atoms with Crippen molar-refractivity contribution in [2.75, 3.05) is 38.2 Å². The summed E-state index contributed by atoms with van der Waals surface area (Å²) in [4.78, 5) is 0. The Balaban J connectivity index is 3.76. The molecule has 0 aromatic heterocycles. The molecule has 0 aromatic carbocycles. The summed E-state index contributed by atoms with van der Waals surface area (Å²) in [6.07, 6.45) is 0. The Morgan fingerprint density at radius 1 is 1.17 bits per heavy atom. The second-order valence-corrected chi connectivity index (χ2v) is 7.08. The van der Waals surface area contributed by atoms with Crippen LogP contribution in [0.15, 0.2) is 0 Å². The van der Waals surface area contributed by atoms with Gasteiger partial charge in [0, 0.05) is 27.1 Å². The predicted octanol–water partition coefficient (Wildman–Crippen LogP) is 1.07. The second-order valence-electron chi connectivity index (χ2n) is 2.07. The normalized spacial score (nSPS) is 12.0. The van der Waals surface area contributed by atoms with E-state index in [4.69, 9.17) is 13.3 Å². The van der Waals surface area contributed by atoms with Gasteiger partial charge >= 0.3 is 8.80 Å². The van der Waals surface area contributed by atoms with Gasteiger partial charge in [-0.3, -0.25) is 0 Å². The first kappa shape index (κ1) is 12.8. The number of hydrogen-bond acceptors (Lipinski definition) is 5. The van der Waals surface area contributed by atoms with Crippen LogP contribution in [0.4, 0.5) is 0 Å². The fraction of sp³-hybridized carbons (Fsp3) is 1.00. The summed E-state index contributed by atoms with van der Waals surface area (Å²) in [5, 5.41) is 0.789. The van der Waals surface area contributed by atoms with Gasteiger partial charge in [-0.05, 0) is 5.75 Å². The predicted molar refractivity (Wildman–Crippen MR) is 58.0 cm³/mol. The summed E-state index contributed by atoms with van der Waals surface area (Å²) in [7, 11) is 2.55. The van der Waals surface area contributed by atoms with Gasteiger partial charge in [0.25, 0.3) is 0 Å². The van der Waals surface area contributed by atoms with Gasteiger partial charge in [-0.15, -0.1) is 0 Å². The first-order valence-corrected chi connectivity index (χ1v) is 7.30. The molecule has 0 heterocycles. The minimum atomic E-state index is -2.33. The average molecular weight is 228 g/mol. The van der Waals surface area contributed by atoms with Gasteiger partial charge in [0.15, 0.2) is 0 Å². The molecule has 0 aliphatic carbocycles. The quantitative estimate of drug-likeness (QED) is 0.401. The highest BCUT2D eigenvalue weighted by atomic mass is 32.2. The summed E-state index contributed by atoms with van der Waals surface area (Å²) < 4.78 is 15.7. The van der Waals surface area contributed by atoms with E-state index in [1.165, 1.54) is 0 Å². The van der Waals surface area contributed by atoms with Gasteiger partial charge in [-0.25, -0.2) is 0 Å². The highest BCUT2D eigenvalue weighted by Gasteiger charge is 2.37. The van der Waals surface area contributed by atoms with Gasteiger partial charge in [0.1, 0.15) is 0 Å². The molecule has 0 saturated heterocycles. The first-order chi connectivity index (χ1) is 5.74. The molecule has 0 bridgehead atoms. The van der Waals surface area contributed by atoms with Crippen molar-refractivity contribution in [1.29, 1.82) is 0 Å². The zero-order valence-corrected chi connectivity index (χ0v) is 10.4. The molecule has 0 fully saturated rings. The molecule has 0 N–H and O–H groups in total. The largest absolute Gasteiger partial charge is 0.510 e. The van der Waals surface area contributed by atoms with Crippen molar-refractivity contribution >= 4 is 33.2 Å². The zero-order valence-electron chi connectivity index (χ0n) is 7.70. The van der Waals surface area contributed by atoms with Crippen molar-refractivity contribution in [3.63, 3.8) is 0 Å². The van der Waals surface area contributed by atoms with E-state index in [1.807, 2.05) is 0 Å². The van der Waals surface area contributed by atoms with E-state index in [-0.39, 0.29) is 0 Å². The second kappa shape index (κ2) is 7.22. The van der Waals surface area contributed by atoms with E-state index in [2.05, 4.69) is 12.6 Å².